The van der Waals surface area contributed by atoms with E-state index in [2.05, 4.69) is 26.2 Å². The first-order valence-electron chi connectivity index (χ1n) is 6.96. The summed E-state index contributed by atoms with van der Waals surface area (Å²) in [5.74, 6) is 0.353. The quantitative estimate of drug-likeness (QED) is 0.789. The minimum atomic E-state index is -3.59. The average molecular weight is 378 g/mol. The molecule has 0 amide bonds. The highest BCUT2D eigenvalue weighted by Crippen LogP contribution is 2.32. The summed E-state index contributed by atoms with van der Waals surface area (Å²) in [4.78, 5) is 4.31. The number of hydrogen-bond donors (Lipinski definition) is 2. The van der Waals surface area contributed by atoms with E-state index >= 15 is 0 Å². The molecule has 2 rings (SSSR count). The summed E-state index contributed by atoms with van der Waals surface area (Å²) in [5, 5.41) is 11.8. The van der Waals surface area contributed by atoms with E-state index in [1.54, 1.807) is 23.6 Å². The number of nitrogens with zero attached hydrogens (tertiary/aromatic N) is 2. The molecule has 21 heavy (non-hydrogen) atoms. The molecule has 0 saturated carbocycles. The van der Waals surface area contributed by atoms with Crippen LogP contribution in [0.25, 0.3) is 0 Å². The zero-order chi connectivity index (χ0) is 15.5. The Kier molecular flexibility index (Phi) is 5.59. The summed E-state index contributed by atoms with van der Waals surface area (Å²) >= 11 is 3.28. The second kappa shape index (κ2) is 7.04. The van der Waals surface area contributed by atoms with Gasteiger partial charge in [0.1, 0.15) is 10.7 Å². The van der Waals surface area contributed by atoms with Gasteiger partial charge in [-0.1, -0.05) is 0 Å². The van der Waals surface area contributed by atoms with Crippen molar-refractivity contribution in [2.24, 2.45) is 0 Å². The van der Waals surface area contributed by atoms with Crippen molar-refractivity contribution in [3.8, 4) is 0 Å². The molecule has 0 bridgehead atoms. The SMILES string of the molecule is CNc1ncc(Br)cc1S(=O)(=O)N1CCCC1CCCO. The van der Waals surface area contributed by atoms with E-state index in [0.717, 1.165) is 12.8 Å². The van der Waals surface area contributed by atoms with E-state index in [1.165, 1.54) is 0 Å². The molecule has 0 aromatic carbocycles. The van der Waals surface area contributed by atoms with Gasteiger partial charge in [-0.2, -0.15) is 4.31 Å². The van der Waals surface area contributed by atoms with Gasteiger partial charge in [0, 0.05) is 36.9 Å². The van der Waals surface area contributed by atoms with Crippen molar-refractivity contribution in [1.82, 2.24) is 9.29 Å². The number of rotatable bonds is 6. The van der Waals surface area contributed by atoms with Crippen LogP contribution < -0.4 is 5.32 Å². The molecule has 1 aromatic rings. The van der Waals surface area contributed by atoms with Gasteiger partial charge in [0.2, 0.25) is 10.0 Å². The topological polar surface area (TPSA) is 82.5 Å². The minimum absolute atomic E-state index is 0.0363. The Labute approximate surface area is 133 Å². The second-order valence-corrected chi connectivity index (χ2v) is 7.80. The monoisotopic (exact) mass is 377 g/mol. The van der Waals surface area contributed by atoms with E-state index in [9.17, 15) is 8.42 Å². The van der Waals surface area contributed by atoms with Gasteiger partial charge in [-0.3, -0.25) is 0 Å². The van der Waals surface area contributed by atoms with Crippen LogP contribution in [-0.4, -0.2) is 49.1 Å². The molecule has 1 aliphatic rings. The highest BCUT2D eigenvalue weighted by atomic mass is 79.9. The van der Waals surface area contributed by atoms with Crippen LogP contribution in [0.3, 0.4) is 0 Å². The first-order valence-corrected chi connectivity index (χ1v) is 9.20. The van der Waals surface area contributed by atoms with Crippen molar-refractivity contribution in [3.05, 3.63) is 16.7 Å². The third kappa shape index (κ3) is 3.56. The molecule has 1 aromatic heterocycles. The summed E-state index contributed by atoms with van der Waals surface area (Å²) in [6.07, 6.45) is 4.57. The summed E-state index contributed by atoms with van der Waals surface area (Å²) < 4.78 is 28.0. The highest BCUT2D eigenvalue weighted by Gasteiger charge is 2.36. The van der Waals surface area contributed by atoms with Crippen LogP contribution in [0.1, 0.15) is 25.7 Å². The summed E-state index contributed by atoms with van der Waals surface area (Å²) in [7, 11) is -1.93. The first kappa shape index (κ1) is 16.7. The maximum atomic E-state index is 12.9. The fourth-order valence-corrected chi connectivity index (χ4v) is 5.06. The Balaban J connectivity index is 2.35. The van der Waals surface area contributed by atoms with Crippen LogP contribution in [0.2, 0.25) is 0 Å². The lowest BCUT2D eigenvalue weighted by Crippen LogP contribution is -2.36. The molecule has 6 nitrogen and oxygen atoms in total. The molecular formula is C13H20BrN3O3S. The van der Waals surface area contributed by atoms with Crippen LogP contribution in [0.5, 0.6) is 0 Å². The molecular weight excluding hydrogens is 358 g/mol. The summed E-state index contributed by atoms with van der Waals surface area (Å²) in [6.45, 7) is 0.610. The van der Waals surface area contributed by atoms with Crippen molar-refractivity contribution < 1.29 is 13.5 Å². The van der Waals surface area contributed by atoms with Crippen molar-refractivity contribution in [1.29, 1.82) is 0 Å². The van der Waals surface area contributed by atoms with E-state index in [4.69, 9.17) is 5.11 Å². The molecule has 1 fully saturated rings. The molecule has 1 atom stereocenters. The average Bonchev–Trinajstić information content (AvgIpc) is 2.94. The molecule has 1 aliphatic heterocycles. The fraction of sp³-hybridized carbons (Fsp3) is 0.615. The predicted molar refractivity (Wildman–Crippen MR) is 84.7 cm³/mol. The van der Waals surface area contributed by atoms with Gasteiger partial charge in [-0.15, -0.1) is 0 Å². The van der Waals surface area contributed by atoms with Crippen LogP contribution in [0.15, 0.2) is 21.6 Å². The zero-order valence-electron chi connectivity index (χ0n) is 11.9. The number of aliphatic hydroxyl groups is 1. The van der Waals surface area contributed by atoms with Crippen LogP contribution in [-0.2, 0) is 10.0 Å². The summed E-state index contributed by atoms with van der Waals surface area (Å²) in [6, 6.07) is 1.54. The number of anilines is 1. The molecule has 2 N–H and O–H groups in total. The number of aliphatic hydroxyl groups excluding tert-OH is 1. The minimum Gasteiger partial charge on any atom is -0.396 e. The Morgan fingerprint density at radius 2 is 2.33 bits per heavy atom. The Morgan fingerprint density at radius 1 is 1.57 bits per heavy atom. The van der Waals surface area contributed by atoms with Crippen LogP contribution in [0, 0.1) is 0 Å². The fourth-order valence-electron chi connectivity index (χ4n) is 2.67. The van der Waals surface area contributed by atoms with Gasteiger partial charge in [-0.05, 0) is 47.7 Å². The van der Waals surface area contributed by atoms with Crippen LogP contribution >= 0.6 is 15.9 Å². The molecule has 8 heteroatoms. The number of sulfonamides is 1. The lowest BCUT2D eigenvalue weighted by Gasteiger charge is -2.24. The van der Waals surface area contributed by atoms with Gasteiger partial charge in [0.05, 0.1) is 0 Å². The third-order valence-electron chi connectivity index (χ3n) is 3.66. The third-order valence-corrected chi connectivity index (χ3v) is 6.06. The van der Waals surface area contributed by atoms with E-state index in [1.807, 2.05) is 0 Å². The molecule has 0 spiro atoms. The standard InChI is InChI=1S/C13H20BrN3O3S/c1-15-13-12(8-10(14)9-16-13)21(19,20)17-6-2-4-11(17)5-3-7-18/h8-9,11,18H,2-7H2,1H3,(H,15,16). The van der Waals surface area contributed by atoms with Crippen molar-refractivity contribution in [2.45, 2.75) is 36.6 Å². The van der Waals surface area contributed by atoms with Crippen molar-refractivity contribution >= 4 is 31.8 Å². The Bertz CT molecular complexity index is 594. The predicted octanol–water partition coefficient (Wildman–Crippen LogP) is 1.81. The van der Waals surface area contributed by atoms with E-state index in [0.29, 0.717) is 29.7 Å². The smallest absolute Gasteiger partial charge is 0.247 e. The lowest BCUT2D eigenvalue weighted by atomic mass is 10.1. The first-order chi connectivity index (χ1) is 10.0. The second-order valence-electron chi connectivity index (χ2n) is 5.03. The van der Waals surface area contributed by atoms with Crippen molar-refractivity contribution in [3.63, 3.8) is 0 Å². The number of pyridine rings is 1. The van der Waals surface area contributed by atoms with Crippen molar-refractivity contribution in [2.75, 3.05) is 25.5 Å². The molecule has 1 unspecified atom stereocenters. The molecule has 0 aliphatic carbocycles. The lowest BCUT2D eigenvalue weighted by molar-refractivity contribution is 0.264. The molecule has 0 radical (unpaired) electrons. The largest absolute Gasteiger partial charge is 0.396 e. The molecule has 118 valence electrons. The number of halogens is 1. The number of aromatic nitrogens is 1. The van der Waals surface area contributed by atoms with Gasteiger partial charge in [0.25, 0.3) is 0 Å². The van der Waals surface area contributed by atoms with E-state index < -0.39 is 10.0 Å². The van der Waals surface area contributed by atoms with Crippen LogP contribution in [0.4, 0.5) is 5.82 Å². The van der Waals surface area contributed by atoms with Gasteiger partial charge in [-0.25, -0.2) is 13.4 Å². The maximum Gasteiger partial charge on any atom is 0.247 e. The summed E-state index contributed by atoms with van der Waals surface area (Å²) in [5.41, 5.74) is 0. The number of nitrogens with one attached hydrogen (secondary N) is 1. The normalized spacial score (nSPS) is 19.9. The Morgan fingerprint density at radius 3 is 3.00 bits per heavy atom. The van der Waals surface area contributed by atoms with E-state index in [-0.39, 0.29) is 17.5 Å². The van der Waals surface area contributed by atoms with Gasteiger partial charge >= 0.3 is 0 Å². The maximum absolute atomic E-state index is 12.9. The Hall–Kier alpha value is -0.700. The molecule has 2 heterocycles. The molecule has 1 saturated heterocycles. The number of hydrogen-bond acceptors (Lipinski definition) is 5. The highest BCUT2D eigenvalue weighted by molar-refractivity contribution is 9.10. The van der Waals surface area contributed by atoms with Gasteiger partial charge < -0.3 is 10.4 Å². The van der Waals surface area contributed by atoms with Gasteiger partial charge in [0.15, 0.2) is 0 Å². The zero-order valence-corrected chi connectivity index (χ0v) is 14.3.